The van der Waals surface area contributed by atoms with E-state index in [1.54, 1.807) is 6.92 Å². The van der Waals surface area contributed by atoms with Crippen molar-refractivity contribution in [3.8, 4) is 0 Å². The van der Waals surface area contributed by atoms with Crippen LogP contribution in [0.2, 0.25) is 0 Å². The summed E-state index contributed by atoms with van der Waals surface area (Å²) in [6, 6.07) is 7.46. The van der Waals surface area contributed by atoms with Crippen molar-refractivity contribution >= 4 is 17.3 Å². The Labute approximate surface area is 99.7 Å². The van der Waals surface area contributed by atoms with Crippen LogP contribution in [-0.4, -0.2) is 16.5 Å². The van der Waals surface area contributed by atoms with Gasteiger partial charge < -0.3 is 5.21 Å². The largest absolute Gasteiger partial charge is 0.596 e. The van der Waals surface area contributed by atoms with E-state index in [-0.39, 0.29) is 5.91 Å². The maximum Gasteiger partial charge on any atom is 0.301 e. The molecule has 1 spiro atoms. The summed E-state index contributed by atoms with van der Waals surface area (Å²) in [6.45, 7) is 3.67. The monoisotopic (exact) mass is 230 g/mol. The van der Waals surface area contributed by atoms with Gasteiger partial charge in [-0.05, 0) is 31.4 Å². The summed E-state index contributed by atoms with van der Waals surface area (Å²) in [5.74, 6) is -0.0701. The lowest BCUT2D eigenvalue weighted by atomic mass is 10.0. The average Bonchev–Trinajstić information content (AvgIpc) is 3.08. The van der Waals surface area contributed by atoms with Crippen LogP contribution in [0.25, 0.3) is 0 Å². The highest BCUT2D eigenvalue weighted by Crippen LogP contribution is 2.52. The highest BCUT2D eigenvalue weighted by atomic mass is 16.5. The fourth-order valence-corrected chi connectivity index (χ4v) is 2.48. The van der Waals surface area contributed by atoms with Gasteiger partial charge >= 0.3 is 5.91 Å². The van der Waals surface area contributed by atoms with Gasteiger partial charge in [0.05, 0.1) is 0 Å². The van der Waals surface area contributed by atoms with Gasteiger partial charge in [0.2, 0.25) is 5.71 Å². The Morgan fingerprint density at radius 1 is 1.29 bits per heavy atom. The van der Waals surface area contributed by atoms with E-state index in [1.807, 2.05) is 31.2 Å². The zero-order valence-electron chi connectivity index (χ0n) is 9.93. The number of aryl methyl sites for hydroxylation is 1. The molecule has 0 bridgehead atoms. The number of rotatable bonds is 1. The standard InChI is InChI=1S/C13H14N2O2/c1-9-5-3-4-6-11(9)14-12(16)13(7-8-13)10(2)15(14)17/h3-6H,7-8H2,1-2H3. The number of hydrogen-bond acceptors (Lipinski definition) is 2. The number of amides is 1. The van der Waals surface area contributed by atoms with Crippen LogP contribution in [0.4, 0.5) is 5.69 Å². The molecule has 2 aliphatic rings. The van der Waals surface area contributed by atoms with E-state index in [2.05, 4.69) is 0 Å². The quantitative estimate of drug-likeness (QED) is 0.547. The molecular weight excluding hydrogens is 216 g/mol. The number of hydrazine groups is 1. The number of carbonyl (C=O) groups excluding carboxylic acids is 1. The third-order valence-electron chi connectivity index (χ3n) is 3.86. The SMILES string of the molecule is CC1=[N+]([O-])N(c2ccccc2C)C(=O)C12CC2. The summed E-state index contributed by atoms with van der Waals surface area (Å²) in [4.78, 5) is 13.1. The minimum Gasteiger partial charge on any atom is -0.596 e. The smallest absolute Gasteiger partial charge is 0.301 e. The predicted octanol–water partition coefficient (Wildman–Crippen LogP) is 2.01. The Morgan fingerprint density at radius 2 is 1.94 bits per heavy atom. The van der Waals surface area contributed by atoms with Crippen LogP contribution < -0.4 is 5.01 Å². The zero-order valence-corrected chi connectivity index (χ0v) is 9.93. The molecule has 1 amide bonds. The van der Waals surface area contributed by atoms with Crippen molar-refractivity contribution in [2.45, 2.75) is 26.7 Å². The Hall–Kier alpha value is -1.84. The highest BCUT2D eigenvalue weighted by molar-refractivity contribution is 6.17. The number of anilines is 1. The first-order valence-corrected chi connectivity index (χ1v) is 5.79. The van der Waals surface area contributed by atoms with E-state index in [4.69, 9.17) is 0 Å². The van der Waals surface area contributed by atoms with Crippen LogP contribution in [0.5, 0.6) is 0 Å². The van der Waals surface area contributed by atoms with E-state index in [9.17, 15) is 10.0 Å². The lowest BCUT2D eigenvalue weighted by Crippen LogP contribution is -2.34. The van der Waals surface area contributed by atoms with Gasteiger partial charge in [-0.15, -0.1) is 0 Å². The zero-order chi connectivity index (χ0) is 12.2. The van der Waals surface area contributed by atoms with Crippen LogP contribution in [0.15, 0.2) is 24.3 Å². The molecule has 0 saturated heterocycles. The van der Waals surface area contributed by atoms with Gasteiger partial charge in [0.25, 0.3) is 0 Å². The fourth-order valence-electron chi connectivity index (χ4n) is 2.48. The van der Waals surface area contributed by atoms with Crippen molar-refractivity contribution < 1.29 is 9.64 Å². The molecule has 3 rings (SSSR count). The molecule has 0 unspecified atom stereocenters. The van der Waals surface area contributed by atoms with Crippen molar-refractivity contribution in [3.63, 3.8) is 0 Å². The number of hydrogen-bond donors (Lipinski definition) is 0. The topological polar surface area (TPSA) is 46.4 Å². The molecule has 0 radical (unpaired) electrons. The van der Waals surface area contributed by atoms with Crippen molar-refractivity contribution in [3.05, 3.63) is 35.0 Å². The molecular formula is C13H14N2O2. The minimum absolute atomic E-state index is 0.0701. The maximum atomic E-state index is 12.3. The molecule has 17 heavy (non-hydrogen) atoms. The van der Waals surface area contributed by atoms with Gasteiger partial charge in [-0.1, -0.05) is 28.1 Å². The third-order valence-corrected chi connectivity index (χ3v) is 3.86. The predicted molar refractivity (Wildman–Crippen MR) is 64.6 cm³/mol. The molecule has 1 fully saturated rings. The summed E-state index contributed by atoms with van der Waals surface area (Å²) in [5, 5.41) is 13.4. The van der Waals surface area contributed by atoms with E-state index < -0.39 is 5.41 Å². The number of carbonyl (C=O) groups is 1. The fraction of sp³-hybridized carbons (Fsp3) is 0.385. The van der Waals surface area contributed by atoms with Gasteiger partial charge in [-0.2, -0.15) is 0 Å². The first-order valence-electron chi connectivity index (χ1n) is 5.79. The van der Waals surface area contributed by atoms with Crippen LogP contribution in [0.1, 0.15) is 25.3 Å². The van der Waals surface area contributed by atoms with E-state index >= 15 is 0 Å². The molecule has 1 heterocycles. The maximum absolute atomic E-state index is 12.3. The van der Waals surface area contributed by atoms with E-state index in [0.717, 1.165) is 23.3 Å². The van der Waals surface area contributed by atoms with Crippen LogP contribution in [-0.2, 0) is 4.79 Å². The molecule has 4 heteroatoms. The van der Waals surface area contributed by atoms with Gasteiger partial charge in [0.15, 0.2) is 0 Å². The minimum atomic E-state index is -0.482. The Morgan fingerprint density at radius 3 is 2.47 bits per heavy atom. The van der Waals surface area contributed by atoms with Crippen LogP contribution in [0, 0.1) is 17.5 Å². The average molecular weight is 230 g/mol. The summed E-state index contributed by atoms with van der Waals surface area (Å²) in [6.07, 6.45) is 1.61. The van der Waals surface area contributed by atoms with Gasteiger partial charge in [0, 0.05) is 6.92 Å². The van der Waals surface area contributed by atoms with Crippen molar-refractivity contribution in [2.75, 3.05) is 5.01 Å². The van der Waals surface area contributed by atoms with Crippen molar-refractivity contribution in [1.29, 1.82) is 0 Å². The summed E-state index contributed by atoms with van der Waals surface area (Å²) < 4.78 is 0. The first kappa shape index (κ1) is 10.3. The van der Waals surface area contributed by atoms with Crippen LogP contribution in [0.3, 0.4) is 0 Å². The second kappa shape index (κ2) is 3.09. The highest BCUT2D eigenvalue weighted by Gasteiger charge is 2.65. The first-order chi connectivity index (χ1) is 8.08. The summed E-state index contributed by atoms with van der Waals surface area (Å²) in [5.41, 5.74) is 1.78. The van der Waals surface area contributed by atoms with Crippen LogP contribution >= 0.6 is 0 Å². The molecule has 0 N–H and O–H groups in total. The van der Waals surface area contributed by atoms with Crippen molar-refractivity contribution in [2.24, 2.45) is 5.41 Å². The third kappa shape index (κ3) is 1.18. The Bertz CT molecular complexity index is 544. The number of benzene rings is 1. The van der Waals surface area contributed by atoms with Gasteiger partial charge in [-0.3, -0.25) is 4.79 Å². The second-order valence-corrected chi connectivity index (χ2v) is 4.84. The van der Waals surface area contributed by atoms with E-state index in [1.165, 1.54) is 5.01 Å². The normalized spacial score (nSPS) is 21.5. The number of nitrogens with zero attached hydrogens (tertiary/aromatic N) is 2. The van der Waals surface area contributed by atoms with Gasteiger partial charge in [0.1, 0.15) is 11.1 Å². The molecule has 0 atom stereocenters. The van der Waals surface area contributed by atoms with E-state index in [0.29, 0.717) is 11.4 Å². The number of hydrazone groups is 1. The molecule has 0 aromatic heterocycles. The Balaban J connectivity index is 2.12. The molecule has 1 aromatic carbocycles. The molecule has 1 aliphatic heterocycles. The Kier molecular flexibility index (Phi) is 1.88. The van der Waals surface area contributed by atoms with Gasteiger partial charge in [-0.25, -0.2) is 0 Å². The molecule has 88 valence electrons. The molecule has 4 nitrogen and oxygen atoms in total. The van der Waals surface area contributed by atoms with Crippen molar-refractivity contribution in [1.82, 2.24) is 0 Å². The lowest BCUT2D eigenvalue weighted by molar-refractivity contribution is -0.456. The molecule has 1 saturated carbocycles. The summed E-state index contributed by atoms with van der Waals surface area (Å²) in [7, 11) is 0. The molecule has 1 aliphatic carbocycles. The lowest BCUT2D eigenvalue weighted by Gasteiger charge is -2.16. The second-order valence-electron chi connectivity index (χ2n) is 4.84. The number of para-hydroxylation sites is 1. The molecule has 1 aromatic rings. The summed E-state index contributed by atoms with van der Waals surface area (Å²) >= 11 is 0.